The molecule has 0 bridgehead atoms. The van der Waals surface area contributed by atoms with Gasteiger partial charge in [0.1, 0.15) is 18.5 Å². The van der Waals surface area contributed by atoms with E-state index in [2.05, 4.69) is 10.2 Å². The number of benzene rings is 2. The van der Waals surface area contributed by atoms with Crippen LogP contribution in [0.3, 0.4) is 0 Å². The molecule has 0 aliphatic carbocycles. The molecule has 0 radical (unpaired) electrons. The smallest absolute Gasteiger partial charge is 0.198 e. The number of rotatable bonds is 3. The van der Waals surface area contributed by atoms with Crippen molar-refractivity contribution in [3.8, 4) is 5.69 Å². The van der Waals surface area contributed by atoms with Gasteiger partial charge in [0, 0.05) is 5.56 Å². The van der Waals surface area contributed by atoms with Crippen LogP contribution in [0.25, 0.3) is 5.69 Å². The molecule has 1 heterocycles. The minimum absolute atomic E-state index is 0.0491. The Balaban J connectivity index is 2.12. The molecule has 0 N–H and O–H groups in total. The first-order valence-corrected chi connectivity index (χ1v) is 6.00. The van der Waals surface area contributed by atoms with E-state index in [1.165, 1.54) is 24.8 Å². The second-order valence-corrected chi connectivity index (χ2v) is 4.20. The third kappa shape index (κ3) is 2.09. The molecule has 5 heteroatoms. The van der Waals surface area contributed by atoms with Crippen LogP contribution in [0.4, 0.5) is 4.39 Å². The summed E-state index contributed by atoms with van der Waals surface area (Å²) in [4.78, 5) is 12.5. The fraction of sp³-hybridized carbons (Fsp3) is 0. The number of halogens is 1. The Morgan fingerprint density at radius 2 is 1.50 bits per heavy atom. The summed E-state index contributed by atoms with van der Waals surface area (Å²) in [6.45, 7) is 0. The molecular weight excluding hydrogens is 257 g/mol. The van der Waals surface area contributed by atoms with Crippen LogP contribution < -0.4 is 0 Å². The van der Waals surface area contributed by atoms with Crippen LogP contribution in [0.15, 0.2) is 61.2 Å². The zero-order valence-corrected chi connectivity index (χ0v) is 10.4. The molecule has 0 atom stereocenters. The molecule has 0 aliphatic heterocycles. The molecule has 98 valence electrons. The monoisotopic (exact) mass is 267 g/mol. The first-order chi connectivity index (χ1) is 9.77. The van der Waals surface area contributed by atoms with E-state index in [1.807, 2.05) is 0 Å². The van der Waals surface area contributed by atoms with Gasteiger partial charge in [-0.15, -0.1) is 10.2 Å². The predicted octanol–water partition coefficient (Wildman–Crippen LogP) is 2.64. The SMILES string of the molecule is O=C(c1ccccc1F)c1ccccc1-n1cnnc1. The van der Waals surface area contributed by atoms with E-state index in [-0.39, 0.29) is 11.3 Å². The van der Waals surface area contributed by atoms with Gasteiger partial charge in [0.25, 0.3) is 0 Å². The number of carbonyl (C=O) groups excluding carboxylic acids is 1. The molecule has 0 fully saturated rings. The zero-order chi connectivity index (χ0) is 13.9. The van der Waals surface area contributed by atoms with Gasteiger partial charge >= 0.3 is 0 Å². The minimum Gasteiger partial charge on any atom is -0.288 e. The van der Waals surface area contributed by atoms with Crippen molar-refractivity contribution in [1.82, 2.24) is 14.8 Å². The summed E-state index contributed by atoms with van der Waals surface area (Å²) in [6, 6.07) is 12.9. The van der Waals surface area contributed by atoms with Crippen molar-refractivity contribution in [2.75, 3.05) is 0 Å². The minimum atomic E-state index is -0.531. The maximum atomic E-state index is 13.7. The summed E-state index contributed by atoms with van der Waals surface area (Å²) >= 11 is 0. The van der Waals surface area contributed by atoms with Gasteiger partial charge in [-0.25, -0.2) is 4.39 Å². The van der Waals surface area contributed by atoms with Gasteiger partial charge in [0.15, 0.2) is 5.78 Å². The maximum absolute atomic E-state index is 13.7. The molecule has 3 aromatic rings. The molecule has 0 unspecified atom stereocenters. The fourth-order valence-electron chi connectivity index (χ4n) is 2.01. The van der Waals surface area contributed by atoms with Crippen molar-refractivity contribution in [3.05, 3.63) is 78.1 Å². The Hall–Kier alpha value is -2.82. The second kappa shape index (κ2) is 5.05. The fourth-order valence-corrected chi connectivity index (χ4v) is 2.01. The van der Waals surface area contributed by atoms with E-state index in [1.54, 1.807) is 41.0 Å². The lowest BCUT2D eigenvalue weighted by Gasteiger charge is -2.09. The van der Waals surface area contributed by atoms with Crippen LogP contribution in [0.5, 0.6) is 0 Å². The Kier molecular flexibility index (Phi) is 3.09. The standard InChI is InChI=1S/C15H10FN3O/c16-13-7-3-1-5-11(13)15(20)12-6-2-4-8-14(12)19-9-17-18-10-19/h1-10H. The number of hydrogen-bond donors (Lipinski definition) is 0. The average molecular weight is 267 g/mol. The molecule has 0 saturated carbocycles. The highest BCUT2D eigenvalue weighted by Crippen LogP contribution is 2.19. The maximum Gasteiger partial charge on any atom is 0.198 e. The summed E-state index contributed by atoms with van der Waals surface area (Å²) in [6.07, 6.45) is 2.99. The molecule has 0 aliphatic rings. The highest BCUT2D eigenvalue weighted by atomic mass is 19.1. The van der Waals surface area contributed by atoms with Gasteiger partial charge in [-0.05, 0) is 24.3 Å². The van der Waals surface area contributed by atoms with Gasteiger partial charge in [0.05, 0.1) is 11.3 Å². The van der Waals surface area contributed by atoms with Crippen LogP contribution in [0.2, 0.25) is 0 Å². The van der Waals surface area contributed by atoms with E-state index in [9.17, 15) is 9.18 Å². The molecule has 0 spiro atoms. The number of ketones is 1. The summed E-state index contributed by atoms with van der Waals surface area (Å²) < 4.78 is 15.4. The lowest BCUT2D eigenvalue weighted by molar-refractivity contribution is 0.103. The van der Waals surface area contributed by atoms with Crippen molar-refractivity contribution in [2.45, 2.75) is 0 Å². The number of aromatic nitrogens is 3. The Labute approximate surface area is 114 Å². The van der Waals surface area contributed by atoms with E-state index >= 15 is 0 Å². The van der Waals surface area contributed by atoms with Gasteiger partial charge in [0.2, 0.25) is 0 Å². The van der Waals surface area contributed by atoms with Crippen molar-refractivity contribution in [3.63, 3.8) is 0 Å². The average Bonchev–Trinajstić information content (AvgIpc) is 3.01. The normalized spacial score (nSPS) is 10.4. The van der Waals surface area contributed by atoms with E-state index < -0.39 is 5.82 Å². The third-order valence-corrected chi connectivity index (χ3v) is 2.96. The topological polar surface area (TPSA) is 47.8 Å². The van der Waals surface area contributed by atoms with E-state index in [0.717, 1.165) is 0 Å². The largest absolute Gasteiger partial charge is 0.288 e. The molecule has 3 rings (SSSR count). The van der Waals surface area contributed by atoms with Crippen molar-refractivity contribution < 1.29 is 9.18 Å². The summed E-state index contributed by atoms with van der Waals surface area (Å²) in [5.74, 6) is -0.900. The molecule has 4 nitrogen and oxygen atoms in total. The van der Waals surface area contributed by atoms with Crippen LogP contribution in [0.1, 0.15) is 15.9 Å². The molecule has 20 heavy (non-hydrogen) atoms. The van der Waals surface area contributed by atoms with Crippen LogP contribution >= 0.6 is 0 Å². The van der Waals surface area contributed by atoms with Crippen molar-refractivity contribution in [1.29, 1.82) is 0 Å². The van der Waals surface area contributed by atoms with Gasteiger partial charge < -0.3 is 0 Å². The lowest BCUT2D eigenvalue weighted by Crippen LogP contribution is -2.08. The van der Waals surface area contributed by atoms with E-state index in [4.69, 9.17) is 0 Å². The highest BCUT2D eigenvalue weighted by Gasteiger charge is 2.17. The third-order valence-electron chi connectivity index (χ3n) is 2.96. The number of carbonyl (C=O) groups is 1. The highest BCUT2D eigenvalue weighted by molar-refractivity contribution is 6.11. The zero-order valence-electron chi connectivity index (χ0n) is 10.4. The lowest BCUT2D eigenvalue weighted by atomic mass is 10.0. The van der Waals surface area contributed by atoms with Gasteiger partial charge in [-0.2, -0.15) is 0 Å². The first-order valence-electron chi connectivity index (χ1n) is 6.00. The van der Waals surface area contributed by atoms with Crippen molar-refractivity contribution in [2.24, 2.45) is 0 Å². The molecular formula is C15H10FN3O. The Morgan fingerprint density at radius 3 is 2.20 bits per heavy atom. The Morgan fingerprint density at radius 1 is 0.900 bits per heavy atom. The van der Waals surface area contributed by atoms with Crippen molar-refractivity contribution >= 4 is 5.78 Å². The van der Waals surface area contributed by atoms with Crippen LogP contribution in [-0.2, 0) is 0 Å². The van der Waals surface area contributed by atoms with E-state index in [0.29, 0.717) is 11.3 Å². The molecule has 0 saturated heterocycles. The quantitative estimate of drug-likeness (QED) is 0.685. The van der Waals surface area contributed by atoms with Crippen LogP contribution in [-0.4, -0.2) is 20.5 Å². The molecule has 1 aromatic heterocycles. The van der Waals surface area contributed by atoms with Crippen LogP contribution in [0, 0.1) is 5.82 Å². The first kappa shape index (κ1) is 12.2. The van der Waals surface area contributed by atoms with Gasteiger partial charge in [-0.1, -0.05) is 24.3 Å². The predicted molar refractivity (Wildman–Crippen MR) is 71.2 cm³/mol. The number of para-hydroxylation sites is 1. The Bertz CT molecular complexity index is 753. The second-order valence-electron chi connectivity index (χ2n) is 4.20. The summed E-state index contributed by atoms with van der Waals surface area (Å²) in [5, 5.41) is 7.43. The summed E-state index contributed by atoms with van der Waals surface area (Å²) in [5.41, 5.74) is 1.07. The van der Waals surface area contributed by atoms with Gasteiger partial charge in [-0.3, -0.25) is 9.36 Å². The molecule has 0 amide bonds. The summed E-state index contributed by atoms with van der Waals surface area (Å²) in [7, 11) is 0. The molecule has 2 aromatic carbocycles. The number of nitrogens with zero attached hydrogens (tertiary/aromatic N) is 3. The number of hydrogen-bond acceptors (Lipinski definition) is 3.